The SMILES string of the molecule is CN(C)c1nc(N)nc(CSc2nnnn2C(C)(C)C)n1. The highest BCUT2D eigenvalue weighted by Crippen LogP contribution is 2.24. The minimum atomic E-state index is -0.182. The number of aromatic nitrogens is 7. The van der Waals surface area contributed by atoms with Gasteiger partial charge < -0.3 is 10.6 Å². The minimum absolute atomic E-state index is 0.182. The van der Waals surface area contributed by atoms with E-state index in [-0.39, 0.29) is 11.5 Å². The molecule has 0 bridgehead atoms. The van der Waals surface area contributed by atoms with Gasteiger partial charge in [-0.3, -0.25) is 0 Å². The fourth-order valence-electron chi connectivity index (χ4n) is 1.51. The van der Waals surface area contributed by atoms with Gasteiger partial charge in [-0.25, -0.2) is 4.68 Å². The number of thioether (sulfide) groups is 1. The molecule has 0 saturated heterocycles. The molecule has 2 aromatic heterocycles. The number of hydrogen-bond donors (Lipinski definition) is 1. The second kappa shape index (κ2) is 5.80. The van der Waals surface area contributed by atoms with Crippen LogP contribution in [-0.2, 0) is 11.3 Å². The molecule has 0 saturated carbocycles. The number of hydrogen-bond acceptors (Lipinski definition) is 9. The van der Waals surface area contributed by atoms with Gasteiger partial charge in [-0.05, 0) is 31.2 Å². The number of nitrogen functional groups attached to an aromatic ring is 1. The molecular weight excluding hydrogens is 290 g/mol. The monoisotopic (exact) mass is 309 g/mol. The van der Waals surface area contributed by atoms with Gasteiger partial charge in [0.2, 0.25) is 17.1 Å². The van der Waals surface area contributed by atoms with Gasteiger partial charge in [0.05, 0.1) is 11.3 Å². The summed E-state index contributed by atoms with van der Waals surface area (Å²) in [4.78, 5) is 14.3. The molecule has 0 aromatic carbocycles. The summed E-state index contributed by atoms with van der Waals surface area (Å²) in [5.74, 6) is 1.86. The van der Waals surface area contributed by atoms with E-state index in [1.54, 1.807) is 9.58 Å². The van der Waals surface area contributed by atoms with Crippen LogP contribution in [0.4, 0.5) is 11.9 Å². The average Bonchev–Trinajstić information content (AvgIpc) is 2.83. The van der Waals surface area contributed by atoms with Gasteiger partial charge in [-0.1, -0.05) is 11.8 Å². The van der Waals surface area contributed by atoms with Crippen molar-refractivity contribution >= 4 is 23.7 Å². The Morgan fingerprint density at radius 1 is 1.19 bits per heavy atom. The Kier molecular flexibility index (Phi) is 4.26. The van der Waals surface area contributed by atoms with E-state index in [0.717, 1.165) is 0 Å². The lowest BCUT2D eigenvalue weighted by Crippen LogP contribution is -2.24. The van der Waals surface area contributed by atoms with Crippen LogP contribution < -0.4 is 10.6 Å². The molecule has 114 valence electrons. The van der Waals surface area contributed by atoms with Crippen LogP contribution in [0.25, 0.3) is 0 Å². The van der Waals surface area contributed by atoms with Crippen molar-refractivity contribution in [1.82, 2.24) is 35.2 Å². The summed E-state index contributed by atoms with van der Waals surface area (Å²) in [6, 6.07) is 0. The zero-order valence-corrected chi connectivity index (χ0v) is 13.6. The third-order valence-electron chi connectivity index (χ3n) is 2.49. The van der Waals surface area contributed by atoms with E-state index >= 15 is 0 Å². The molecule has 0 unspecified atom stereocenters. The topological polar surface area (TPSA) is 112 Å². The van der Waals surface area contributed by atoms with Gasteiger partial charge in [-0.15, -0.1) is 5.10 Å². The van der Waals surface area contributed by atoms with E-state index < -0.39 is 0 Å². The van der Waals surface area contributed by atoms with Crippen LogP contribution in [0.15, 0.2) is 5.16 Å². The molecule has 2 rings (SSSR count). The summed E-state index contributed by atoms with van der Waals surface area (Å²) >= 11 is 1.46. The van der Waals surface area contributed by atoms with Gasteiger partial charge in [0.15, 0.2) is 0 Å². The molecular formula is C11H19N9S. The number of tetrazole rings is 1. The normalized spacial score (nSPS) is 11.7. The van der Waals surface area contributed by atoms with Crippen molar-refractivity contribution < 1.29 is 0 Å². The summed E-state index contributed by atoms with van der Waals surface area (Å²) in [5.41, 5.74) is 5.52. The van der Waals surface area contributed by atoms with Crippen molar-refractivity contribution in [2.24, 2.45) is 0 Å². The van der Waals surface area contributed by atoms with Gasteiger partial charge in [0, 0.05) is 14.1 Å². The van der Waals surface area contributed by atoms with Crippen LogP contribution in [0, 0.1) is 0 Å². The summed E-state index contributed by atoms with van der Waals surface area (Å²) in [5, 5.41) is 12.5. The molecule has 2 heterocycles. The first-order valence-electron chi connectivity index (χ1n) is 6.37. The molecule has 0 aliphatic carbocycles. The fourth-order valence-corrected chi connectivity index (χ4v) is 2.42. The predicted molar refractivity (Wildman–Crippen MR) is 80.9 cm³/mol. The molecule has 2 N–H and O–H groups in total. The molecule has 9 nitrogen and oxygen atoms in total. The van der Waals surface area contributed by atoms with E-state index in [0.29, 0.717) is 22.7 Å². The van der Waals surface area contributed by atoms with E-state index in [2.05, 4.69) is 30.5 Å². The number of rotatable bonds is 4. The second-order valence-electron chi connectivity index (χ2n) is 5.64. The summed E-state index contributed by atoms with van der Waals surface area (Å²) in [6.07, 6.45) is 0. The molecule has 0 fully saturated rings. The van der Waals surface area contributed by atoms with Crippen LogP contribution in [0.2, 0.25) is 0 Å². The lowest BCUT2D eigenvalue weighted by atomic mass is 10.1. The first-order chi connectivity index (χ1) is 9.77. The van der Waals surface area contributed by atoms with E-state index in [1.165, 1.54) is 11.8 Å². The number of anilines is 2. The number of nitrogens with zero attached hydrogens (tertiary/aromatic N) is 8. The molecule has 0 atom stereocenters. The largest absolute Gasteiger partial charge is 0.368 e. The summed E-state index contributed by atoms with van der Waals surface area (Å²) < 4.78 is 1.77. The Morgan fingerprint density at radius 3 is 2.52 bits per heavy atom. The summed E-state index contributed by atoms with van der Waals surface area (Å²) in [6.45, 7) is 6.12. The third kappa shape index (κ3) is 3.78. The molecule has 0 amide bonds. The molecule has 0 aliphatic rings. The Balaban J connectivity index is 2.16. The highest BCUT2D eigenvalue weighted by atomic mass is 32.2. The van der Waals surface area contributed by atoms with Crippen LogP contribution >= 0.6 is 11.8 Å². The van der Waals surface area contributed by atoms with E-state index in [4.69, 9.17) is 5.73 Å². The van der Waals surface area contributed by atoms with Crippen molar-refractivity contribution in [2.75, 3.05) is 24.7 Å². The van der Waals surface area contributed by atoms with Crippen LogP contribution in [-0.4, -0.2) is 49.3 Å². The van der Waals surface area contributed by atoms with Gasteiger partial charge in [0.1, 0.15) is 5.82 Å². The van der Waals surface area contributed by atoms with Crippen LogP contribution in [0.1, 0.15) is 26.6 Å². The molecule has 21 heavy (non-hydrogen) atoms. The molecule has 0 aliphatic heterocycles. The Labute approximate surface area is 127 Å². The Hall–Kier alpha value is -1.97. The first kappa shape index (κ1) is 15.4. The highest BCUT2D eigenvalue weighted by molar-refractivity contribution is 7.98. The maximum absolute atomic E-state index is 5.70. The van der Waals surface area contributed by atoms with E-state index in [9.17, 15) is 0 Å². The molecule has 2 aromatic rings. The van der Waals surface area contributed by atoms with Crippen molar-refractivity contribution in [1.29, 1.82) is 0 Å². The van der Waals surface area contributed by atoms with Crippen LogP contribution in [0.5, 0.6) is 0 Å². The zero-order valence-electron chi connectivity index (χ0n) is 12.8. The molecule has 0 spiro atoms. The third-order valence-corrected chi connectivity index (χ3v) is 3.41. The fraction of sp³-hybridized carbons (Fsp3) is 0.636. The Morgan fingerprint density at radius 2 is 1.90 bits per heavy atom. The second-order valence-corrected chi connectivity index (χ2v) is 6.58. The Bertz CT molecular complexity index is 616. The lowest BCUT2D eigenvalue weighted by molar-refractivity contribution is 0.321. The van der Waals surface area contributed by atoms with Gasteiger partial charge in [0.25, 0.3) is 0 Å². The highest BCUT2D eigenvalue weighted by Gasteiger charge is 2.20. The van der Waals surface area contributed by atoms with Crippen molar-refractivity contribution in [3.8, 4) is 0 Å². The molecule has 0 radical (unpaired) electrons. The summed E-state index contributed by atoms with van der Waals surface area (Å²) in [7, 11) is 3.71. The quantitative estimate of drug-likeness (QED) is 0.809. The van der Waals surface area contributed by atoms with Gasteiger partial charge >= 0.3 is 0 Å². The average molecular weight is 309 g/mol. The zero-order chi connectivity index (χ0) is 15.6. The first-order valence-corrected chi connectivity index (χ1v) is 7.35. The van der Waals surface area contributed by atoms with Crippen molar-refractivity contribution in [2.45, 2.75) is 37.2 Å². The van der Waals surface area contributed by atoms with Gasteiger partial charge in [-0.2, -0.15) is 15.0 Å². The lowest BCUT2D eigenvalue weighted by Gasteiger charge is -2.19. The minimum Gasteiger partial charge on any atom is -0.368 e. The van der Waals surface area contributed by atoms with Crippen LogP contribution in [0.3, 0.4) is 0 Å². The maximum Gasteiger partial charge on any atom is 0.229 e. The van der Waals surface area contributed by atoms with E-state index in [1.807, 2.05) is 34.9 Å². The smallest absolute Gasteiger partial charge is 0.229 e. The predicted octanol–water partition coefficient (Wildman–Crippen LogP) is 0.554. The molecule has 10 heteroatoms. The number of nitrogens with two attached hydrogens (primary N) is 1. The maximum atomic E-state index is 5.70. The standard InChI is InChI=1S/C11H19N9S/c1-11(2,3)20-10(16-17-18-20)21-6-7-13-8(12)15-9(14-7)19(4)5/h6H2,1-5H3,(H2,12,13,14,15). The van der Waals surface area contributed by atoms with Crippen molar-refractivity contribution in [3.63, 3.8) is 0 Å². The van der Waals surface area contributed by atoms with Crippen molar-refractivity contribution in [3.05, 3.63) is 5.82 Å².